The molecule has 1 aliphatic heterocycles. The summed E-state index contributed by atoms with van der Waals surface area (Å²) in [6, 6.07) is 23.7. The Kier molecular flexibility index (Phi) is 5.21. The molecule has 0 bridgehead atoms. The van der Waals surface area contributed by atoms with Crippen molar-refractivity contribution in [1.82, 2.24) is 0 Å². The average Bonchev–Trinajstić information content (AvgIpc) is 2.71. The number of rotatable bonds is 4. The van der Waals surface area contributed by atoms with Crippen molar-refractivity contribution in [1.29, 1.82) is 0 Å². The molecule has 0 atom stereocenters. The maximum atomic E-state index is 14.6. The summed E-state index contributed by atoms with van der Waals surface area (Å²) in [5.74, 6) is -0.162. The SMILES string of the molecule is OC1CCN(c2ccc(-c3cccc(F)c3Cc3ccccc3)cc2)CC1. The van der Waals surface area contributed by atoms with Gasteiger partial charge < -0.3 is 10.0 Å². The van der Waals surface area contributed by atoms with Gasteiger partial charge in [0.15, 0.2) is 0 Å². The second kappa shape index (κ2) is 7.93. The number of aliphatic hydroxyl groups is 1. The van der Waals surface area contributed by atoms with Crippen molar-refractivity contribution in [3.05, 3.63) is 89.7 Å². The van der Waals surface area contributed by atoms with Gasteiger partial charge in [-0.3, -0.25) is 0 Å². The molecule has 0 aromatic heterocycles. The molecule has 138 valence electrons. The molecule has 2 nitrogen and oxygen atoms in total. The van der Waals surface area contributed by atoms with Crippen LogP contribution in [0.3, 0.4) is 0 Å². The van der Waals surface area contributed by atoms with Gasteiger partial charge in [-0.05, 0) is 47.7 Å². The van der Waals surface area contributed by atoms with Gasteiger partial charge in [-0.2, -0.15) is 0 Å². The van der Waals surface area contributed by atoms with Crippen LogP contribution < -0.4 is 4.90 Å². The molecule has 0 aliphatic carbocycles. The van der Waals surface area contributed by atoms with Crippen molar-refractivity contribution in [2.24, 2.45) is 0 Å². The van der Waals surface area contributed by atoms with Gasteiger partial charge in [-0.1, -0.05) is 54.6 Å². The lowest BCUT2D eigenvalue weighted by molar-refractivity contribution is 0.145. The highest BCUT2D eigenvalue weighted by molar-refractivity contribution is 5.70. The van der Waals surface area contributed by atoms with Crippen molar-refractivity contribution >= 4 is 5.69 Å². The molecule has 3 aromatic rings. The standard InChI is InChI=1S/C24H24FNO/c25-24-8-4-7-22(23(24)17-18-5-2-1-3-6-18)19-9-11-20(12-10-19)26-15-13-21(27)14-16-26/h1-12,21,27H,13-17H2. The Morgan fingerprint density at radius 3 is 2.26 bits per heavy atom. The van der Waals surface area contributed by atoms with E-state index in [4.69, 9.17) is 0 Å². The monoisotopic (exact) mass is 361 g/mol. The van der Waals surface area contributed by atoms with Gasteiger partial charge in [0.25, 0.3) is 0 Å². The molecule has 0 saturated carbocycles. The molecular formula is C24H24FNO. The van der Waals surface area contributed by atoms with E-state index in [0.29, 0.717) is 6.42 Å². The van der Waals surface area contributed by atoms with Crippen LogP contribution in [0, 0.1) is 5.82 Å². The van der Waals surface area contributed by atoms with Crippen LogP contribution in [-0.4, -0.2) is 24.3 Å². The fraction of sp³-hybridized carbons (Fsp3) is 0.250. The van der Waals surface area contributed by atoms with Gasteiger partial charge in [0.1, 0.15) is 5.82 Å². The van der Waals surface area contributed by atoms with Crippen molar-refractivity contribution in [3.8, 4) is 11.1 Å². The van der Waals surface area contributed by atoms with Crippen LogP contribution in [0.4, 0.5) is 10.1 Å². The quantitative estimate of drug-likeness (QED) is 0.703. The molecule has 0 unspecified atom stereocenters. The predicted octanol–water partition coefficient (Wildman–Crippen LogP) is 5.04. The van der Waals surface area contributed by atoms with Gasteiger partial charge in [0.05, 0.1) is 6.10 Å². The number of piperidine rings is 1. The van der Waals surface area contributed by atoms with Crippen LogP contribution in [0.15, 0.2) is 72.8 Å². The van der Waals surface area contributed by atoms with E-state index in [1.54, 1.807) is 6.07 Å². The maximum Gasteiger partial charge on any atom is 0.127 e. The summed E-state index contributed by atoms with van der Waals surface area (Å²) in [5, 5.41) is 9.68. The molecule has 0 amide bonds. The van der Waals surface area contributed by atoms with E-state index in [1.165, 1.54) is 6.07 Å². The zero-order valence-corrected chi connectivity index (χ0v) is 15.3. The van der Waals surface area contributed by atoms with Crippen molar-refractivity contribution in [3.63, 3.8) is 0 Å². The first kappa shape index (κ1) is 17.7. The smallest absolute Gasteiger partial charge is 0.127 e. The normalized spacial score (nSPS) is 15.1. The molecular weight excluding hydrogens is 337 g/mol. The predicted molar refractivity (Wildman–Crippen MR) is 109 cm³/mol. The Labute approximate surface area is 159 Å². The second-order valence-corrected chi connectivity index (χ2v) is 7.19. The molecule has 1 fully saturated rings. The topological polar surface area (TPSA) is 23.5 Å². The van der Waals surface area contributed by atoms with E-state index >= 15 is 0 Å². The minimum atomic E-state index is -0.173. The summed E-state index contributed by atoms with van der Waals surface area (Å²) in [6.07, 6.45) is 2.03. The Balaban J connectivity index is 1.61. The number of hydrogen-bond donors (Lipinski definition) is 1. The van der Waals surface area contributed by atoms with Crippen LogP contribution in [0.1, 0.15) is 24.0 Å². The van der Waals surface area contributed by atoms with Crippen LogP contribution in [-0.2, 0) is 6.42 Å². The third-order valence-electron chi connectivity index (χ3n) is 5.35. The van der Waals surface area contributed by atoms with E-state index in [2.05, 4.69) is 29.2 Å². The van der Waals surface area contributed by atoms with E-state index in [1.807, 2.05) is 36.4 Å². The van der Waals surface area contributed by atoms with E-state index in [9.17, 15) is 9.50 Å². The highest BCUT2D eigenvalue weighted by Crippen LogP contribution is 2.30. The fourth-order valence-corrected chi connectivity index (χ4v) is 3.78. The number of anilines is 1. The minimum Gasteiger partial charge on any atom is -0.393 e. The molecule has 0 radical (unpaired) electrons. The van der Waals surface area contributed by atoms with Gasteiger partial charge in [0.2, 0.25) is 0 Å². The highest BCUT2D eigenvalue weighted by Gasteiger charge is 2.17. The first-order valence-corrected chi connectivity index (χ1v) is 9.55. The van der Waals surface area contributed by atoms with Crippen LogP contribution in [0.5, 0.6) is 0 Å². The van der Waals surface area contributed by atoms with Gasteiger partial charge in [0, 0.05) is 30.8 Å². The number of nitrogens with zero attached hydrogens (tertiary/aromatic N) is 1. The summed E-state index contributed by atoms with van der Waals surface area (Å²) in [4.78, 5) is 2.30. The zero-order valence-electron chi connectivity index (χ0n) is 15.3. The van der Waals surface area contributed by atoms with Gasteiger partial charge in [-0.15, -0.1) is 0 Å². The molecule has 1 heterocycles. The van der Waals surface area contributed by atoms with E-state index in [0.717, 1.165) is 53.9 Å². The summed E-state index contributed by atoms with van der Waals surface area (Å²) >= 11 is 0. The van der Waals surface area contributed by atoms with Gasteiger partial charge >= 0.3 is 0 Å². The zero-order chi connectivity index (χ0) is 18.6. The summed E-state index contributed by atoms with van der Waals surface area (Å²) in [5.41, 5.74) is 4.97. The van der Waals surface area contributed by atoms with Crippen LogP contribution in [0.2, 0.25) is 0 Å². The van der Waals surface area contributed by atoms with Crippen molar-refractivity contribution in [2.75, 3.05) is 18.0 Å². The Hall–Kier alpha value is -2.65. The molecule has 0 spiro atoms. The Morgan fingerprint density at radius 1 is 0.852 bits per heavy atom. The van der Waals surface area contributed by atoms with Crippen molar-refractivity contribution in [2.45, 2.75) is 25.4 Å². The lowest BCUT2D eigenvalue weighted by Gasteiger charge is -2.31. The maximum absolute atomic E-state index is 14.6. The van der Waals surface area contributed by atoms with Gasteiger partial charge in [-0.25, -0.2) is 4.39 Å². The van der Waals surface area contributed by atoms with E-state index in [-0.39, 0.29) is 11.9 Å². The number of aliphatic hydroxyl groups excluding tert-OH is 1. The molecule has 1 aliphatic rings. The number of hydrogen-bond acceptors (Lipinski definition) is 2. The molecule has 1 N–H and O–H groups in total. The largest absolute Gasteiger partial charge is 0.393 e. The van der Waals surface area contributed by atoms with Crippen molar-refractivity contribution < 1.29 is 9.50 Å². The summed E-state index contributed by atoms with van der Waals surface area (Å²) in [7, 11) is 0. The lowest BCUT2D eigenvalue weighted by Crippen LogP contribution is -2.35. The fourth-order valence-electron chi connectivity index (χ4n) is 3.78. The lowest BCUT2D eigenvalue weighted by atomic mass is 9.94. The Bertz CT molecular complexity index is 884. The first-order valence-electron chi connectivity index (χ1n) is 9.55. The number of halogens is 1. The molecule has 3 aromatic carbocycles. The molecule has 4 rings (SSSR count). The molecule has 3 heteroatoms. The number of benzene rings is 3. The van der Waals surface area contributed by atoms with Crippen LogP contribution >= 0.6 is 0 Å². The molecule has 27 heavy (non-hydrogen) atoms. The summed E-state index contributed by atoms with van der Waals surface area (Å²) in [6.45, 7) is 1.75. The Morgan fingerprint density at radius 2 is 1.56 bits per heavy atom. The van der Waals surface area contributed by atoms with Crippen LogP contribution in [0.25, 0.3) is 11.1 Å². The average molecular weight is 361 g/mol. The minimum absolute atomic E-state index is 0.162. The highest BCUT2D eigenvalue weighted by atomic mass is 19.1. The summed E-state index contributed by atoms with van der Waals surface area (Å²) < 4.78 is 14.6. The first-order chi connectivity index (χ1) is 13.2. The third-order valence-corrected chi connectivity index (χ3v) is 5.35. The van der Waals surface area contributed by atoms with E-state index < -0.39 is 0 Å². The third kappa shape index (κ3) is 4.04. The second-order valence-electron chi connectivity index (χ2n) is 7.19. The molecule has 1 saturated heterocycles.